The number of hydrogen-bond donors (Lipinski definition) is 1. The molecule has 1 N–H and O–H groups in total. The summed E-state index contributed by atoms with van der Waals surface area (Å²) in [6, 6.07) is 13.5. The van der Waals surface area contributed by atoms with Crippen molar-refractivity contribution in [3.05, 3.63) is 64.7 Å². The minimum atomic E-state index is -0.303. The Morgan fingerprint density at radius 3 is 2.52 bits per heavy atom. The number of cyclic esters (lactones) is 1. The predicted molar refractivity (Wildman–Crippen MR) is 97.6 cm³/mol. The second-order valence-corrected chi connectivity index (χ2v) is 7.00. The van der Waals surface area contributed by atoms with E-state index in [1.54, 1.807) is 18.2 Å². The molecule has 3 rings (SSSR count). The summed E-state index contributed by atoms with van der Waals surface area (Å²) in [7, 11) is 0. The SMILES string of the molecule is CC(C)Cc1ccc(C(C)C(=O)Nc2ccc3c(c2)COC3=O)cc1. The van der Waals surface area contributed by atoms with E-state index < -0.39 is 0 Å². The highest BCUT2D eigenvalue weighted by Gasteiger charge is 2.22. The molecule has 1 unspecified atom stereocenters. The van der Waals surface area contributed by atoms with Crippen molar-refractivity contribution < 1.29 is 14.3 Å². The van der Waals surface area contributed by atoms with Gasteiger partial charge in [0.05, 0.1) is 11.5 Å². The Morgan fingerprint density at radius 2 is 1.84 bits per heavy atom. The number of benzene rings is 2. The zero-order chi connectivity index (χ0) is 18.0. The Kier molecular flexibility index (Phi) is 4.88. The summed E-state index contributed by atoms with van der Waals surface area (Å²) in [5, 5.41) is 2.93. The summed E-state index contributed by atoms with van der Waals surface area (Å²) < 4.78 is 4.99. The summed E-state index contributed by atoms with van der Waals surface area (Å²) in [6.45, 7) is 6.55. The van der Waals surface area contributed by atoms with Crippen LogP contribution in [0.4, 0.5) is 5.69 Å². The van der Waals surface area contributed by atoms with Crippen LogP contribution in [0.2, 0.25) is 0 Å². The molecule has 1 aliphatic heterocycles. The molecule has 1 amide bonds. The van der Waals surface area contributed by atoms with Gasteiger partial charge in [-0.2, -0.15) is 0 Å². The molecular formula is C21H23NO3. The van der Waals surface area contributed by atoms with Crippen LogP contribution in [-0.4, -0.2) is 11.9 Å². The monoisotopic (exact) mass is 337 g/mol. The standard InChI is InChI=1S/C21H23NO3/c1-13(2)10-15-4-6-16(7-5-15)14(3)20(23)22-18-8-9-19-17(11-18)12-25-21(19)24/h4-9,11,13-14H,10,12H2,1-3H3,(H,22,23). The molecule has 25 heavy (non-hydrogen) atoms. The molecule has 1 aliphatic rings. The van der Waals surface area contributed by atoms with E-state index in [2.05, 4.69) is 31.3 Å². The summed E-state index contributed by atoms with van der Waals surface area (Å²) in [6.07, 6.45) is 1.04. The predicted octanol–water partition coefficient (Wildman–Crippen LogP) is 4.30. The first-order valence-corrected chi connectivity index (χ1v) is 8.64. The van der Waals surface area contributed by atoms with Crippen molar-refractivity contribution in [2.45, 2.75) is 39.7 Å². The average molecular weight is 337 g/mol. The highest BCUT2D eigenvalue weighted by atomic mass is 16.5. The molecular weight excluding hydrogens is 314 g/mol. The molecule has 1 heterocycles. The van der Waals surface area contributed by atoms with Crippen molar-refractivity contribution in [2.75, 3.05) is 5.32 Å². The molecule has 0 fully saturated rings. The lowest BCUT2D eigenvalue weighted by Crippen LogP contribution is -2.19. The zero-order valence-electron chi connectivity index (χ0n) is 14.8. The van der Waals surface area contributed by atoms with Crippen molar-refractivity contribution in [3.63, 3.8) is 0 Å². The molecule has 130 valence electrons. The first-order chi connectivity index (χ1) is 11.9. The van der Waals surface area contributed by atoms with E-state index in [0.717, 1.165) is 17.5 Å². The van der Waals surface area contributed by atoms with E-state index in [9.17, 15) is 9.59 Å². The van der Waals surface area contributed by atoms with Gasteiger partial charge >= 0.3 is 5.97 Å². The number of fused-ring (bicyclic) bond motifs is 1. The molecule has 2 aromatic rings. The van der Waals surface area contributed by atoms with Gasteiger partial charge in [0.1, 0.15) is 6.61 Å². The average Bonchev–Trinajstić information content (AvgIpc) is 2.95. The van der Waals surface area contributed by atoms with Crippen molar-refractivity contribution in [2.24, 2.45) is 5.92 Å². The van der Waals surface area contributed by atoms with Gasteiger partial charge in [0.25, 0.3) is 0 Å². The second-order valence-electron chi connectivity index (χ2n) is 7.00. The van der Waals surface area contributed by atoms with Gasteiger partial charge < -0.3 is 10.1 Å². The third-order valence-corrected chi connectivity index (χ3v) is 4.47. The largest absolute Gasteiger partial charge is 0.457 e. The molecule has 1 atom stereocenters. The lowest BCUT2D eigenvalue weighted by Gasteiger charge is -2.14. The topological polar surface area (TPSA) is 55.4 Å². The van der Waals surface area contributed by atoms with Crippen LogP contribution in [0.3, 0.4) is 0 Å². The molecule has 0 spiro atoms. The molecule has 0 aromatic heterocycles. The smallest absolute Gasteiger partial charge is 0.338 e. The Labute approximate surface area is 148 Å². The van der Waals surface area contributed by atoms with Gasteiger partial charge in [-0.1, -0.05) is 38.1 Å². The van der Waals surface area contributed by atoms with Crippen LogP contribution in [-0.2, 0) is 22.6 Å². The first-order valence-electron chi connectivity index (χ1n) is 8.64. The van der Waals surface area contributed by atoms with Crippen LogP contribution in [0.15, 0.2) is 42.5 Å². The molecule has 0 aliphatic carbocycles. The van der Waals surface area contributed by atoms with Crippen LogP contribution >= 0.6 is 0 Å². The molecule has 0 radical (unpaired) electrons. The Balaban J connectivity index is 1.67. The quantitative estimate of drug-likeness (QED) is 0.828. The Morgan fingerprint density at radius 1 is 1.12 bits per heavy atom. The maximum Gasteiger partial charge on any atom is 0.338 e. The van der Waals surface area contributed by atoms with Gasteiger partial charge in [0, 0.05) is 11.3 Å². The Bertz CT molecular complexity index is 793. The summed E-state index contributed by atoms with van der Waals surface area (Å²) in [4.78, 5) is 24.0. The van der Waals surface area contributed by atoms with E-state index in [0.29, 0.717) is 17.2 Å². The van der Waals surface area contributed by atoms with Gasteiger partial charge in [-0.3, -0.25) is 4.79 Å². The highest BCUT2D eigenvalue weighted by molar-refractivity contribution is 5.97. The summed E-state index contributed by atoms with van der Waals surface area (Å²) in [5.74, 6) is -0.00832. The number of nitrogens with one attached hydrogen (secondary N) is 1. The fourth-order valence-corrected chi connectivity index (χ4v) is 3.03. The maximum absolute atomic E-state index is 12.5. The van der Waals surface area contributed by atoms with Crippen molar-refractivity contribution in [3.8, 4) is 0 Å². The van der Waals surface area contributed by atoms with E-state index in [4.69, 9.17) is 4.74 Å². The number of anilines is 1. The van der Waals surface area contributed by atoms with Crippen LogP contribution in [0.1, 0.15) is 53.7 Å². The van der Waals surface area contributed by atoms with E-state index in [1.807, 2.05) is 19.1 Å². The minimum Gasteiger partial charge on any atom is -0.457 e. The number of rotatable bonds is 5. The third-order valence-electron chi connectivity index (χ3n) is 4.47. The van der Waals surface area contributed by atoms with Crippen LogP contribution in [0, 0.1) is 5.92 Å². The maximum atomic E-state index is 12.5. The fraction of sp³-hybridized carbons (Fsp3) is 0.333. The normalized spacial score (nSPS) is 14.2. The number of carbonyl (C=O) groups is 2. The van der Waals surface area contributed by atoms with Crippen LogP contribution in [0.25, 0.3) is 0 Å². The molecule has 0 saturated heterocycles. The van der Waals surface area contributed by atoms with E-state index in [-0.39, 0.29) is 24.4 Å². The van der Waals surface area contributed by atoms with E-state index in [1.165, 1.54) is 5.56 Å². The van der Waals surface area contributed by atoms with Crippen molar-refractivity contribution in [1.29, 1.82) is 0 Å². The minimum absolute atomic E-state index is 0.0678. The number of amides is 1. The Hall–Kier alpha value is -2.62. The fourth-order valence-electron chi connectivity index (χ4n) is 3.03. The zero-order valence-corrected chi connectivity index (χ0v) is 14.8. The number of ether oxygens (including phenoxy) is 1. The van der Waals surface area contributed by atoms with Crippen molar-refractivity contribution >= 4 is 17.6 Å². The molecule has 4 nitrogen and oxygen atoms in total. The summed E-state index contributed by atoms with van der Waals surface area (Å²) >= 11 is 0. The van der Waals surface area contributed by atoms with Gasteiger partial charge in [0.2, 0.25) is 5.91 Å². The van der Waals surface area contributed by atoms with Crippen molar-refractivity contribution in [1.82, 2.24) is 0 Å². The second kappa shape index (κ2) is 7.09. The lowest BCUT2D eigenvalue weighted by atomic mass is 9.96. The van der Waals surface area contributed by atoms with Crippen LogP contribution < -0.4 is 5.32 Å². The third kappa shape index (κ3) is 3.90. The molecule has 0 saturated carbocycles. The van der Waals surface area contributed by atoms with E-state index >= 15 is 0 Å². The summed E-state index contributed by atoms with van der Waals surface area (Å²) in [5.41, 5.74) is 4.35. The number of carbonyl (C=O) groups excluding carboxylic acids is 2. The highest BCUT2D eigenvalue weighted by Crippen LogP contribution is 2.25. The van der Waals surface area contributed by atoms with Gasteiger partial charge in [0.15, 0.2) is 0 Å². The molecule has 4 heteroatoms. The number of hydrogen-bond acceptors (Lipinski definition) is 3. The molecule has 0 bridgehead atoms. The van der Waals surface area contributed by atoms with Gasteiger partial charge in [-0.15, -0.1) is 0 Å². The molecule has 2 aromatic carbocycles. The lowest BCUT2D eigenvalue weighted by molar-refractivity contribution is -0.117. The number of esters is 1. The first kappa shape index (κ1) is 17.2. The van der Waals surface area contributed by atoms with Gasteiger partial charge in [-0.25, -0.2) is 4.79 Å². The van der Waals surface area contributed by atoms with Crippen LogP contribution in [0.5, 0.6) is 0 Å². The van der Waals surface area contributed by atoms with Gasteiger partial charge in [-0.05, 0) is 48.6 Å².